The molecule has 1 rings (SSSR count). The van der Waals surface area contributed by atoms with Gasteiger partial charge < -0.3 is 10.1 Å². The first kappa shape index (κ1) is 15.2. The maximum atomic E-state index is 12.2. The molecule has 104 valence electrons. The third-order valence-electron chi connectivity index (χ3n) is 3.34. The molecule has 1 unspecified atom stereocenters. The van der Waals surface area contributed by atoms with E-state index in [9.17, 15) is 9.59 Å². The standard InChI is InChI=1S/C15H21NO3/c1-5-15(2,3)14(18)16-12(13(17)19-4)11-9-7-6-8-10-11/h6-10,12H,5H2,1-4H3,(H,16,18). The first-order chi connectivity index (χ1) is 8.92. The summed E-state index contributed by atoms with van der Waals surface area (Å²) in [5, 5.41) is 2.76. The Labute approximate surface area is 114 Å². The summed E-state index contributed by atoms with van der Waals surface area (Å²) in [6.07, 6.45) is 0.696. The summed E-state index contributed by atoms with van der Waals surface area (Å²) in [7, 11) is 1.31. The summed E-state index contributed by atoms with van der Waals surface area (Å²) in [6, 6.07) is 8.33. The summed E-state index contributed by atoms with van der Waals surface area (Å²) < 4.78 is 4.76. The zero-order valence-electron chi connectivity index (χ0n) is 11.9. The first-order valence-corrected chi connectivity index (χ1v) is 6.36. The lowest BCUT2D eigenvalue weighted by Gasteiger charge is -2.25. The van der Waals surface area contributed by atoms with Crippen LogP contribution in [0.15, 0.2) is 30.3 Å². The normalized spacial score (nSPS) is 12.6. The quantitative estimate of drug-likeness (QED) is 0.830. The lowest BCUT2D eigenvalue weighted by atomic mass is 9.88. The summed E-state index contributed by atoms with van der Waals surface area (Å²) >= 11 is 0. The maximum Gasteiger partial charge on any atom is 0.333 e. The highest BCUT2D eigenvalue weighted by molar-refractivity contribution is 5.88. The van der Waals surface area contributed by atoms with Crippen molar-refractivity contribution in [1.82, 2.24) is 5.32 Å². The van der Waals surface area contributed by atoms with Gasteiger partial charge in [0.15, 0.2) is 6.04 Å². The van der Waals surface area contributed by atoms with E-state index in [4.69, 9.17) is 4.74 Å². The minimum atomic E-state index is -0.760. The summed E-state index contributed by atoms with van der Waals surface area (Å²) in [5.41, 5.74) is 0.204. The number of hydrogen-bond acceptors (Lipinski definition) is 3. The zero-order chi connectivity index (χ0) is 14.5. The van der Waals surface area contributed by atoms with Crippen LogP contribution in [0.3, 0.4) is 0 Å². The fourth-order valence-electron chi connectivity index (χ4n) is 1.53. The van der Waals surface area contributed by atoms with Gasteiger partial charge in [-0.15, -0.1) is 0 Å². The highest BCUT2D eigenvalue weighted by atomic mass is 16.5. The van der Waals surface area contributed by atoms with Crippen molar-refractivity contribution in [2.45, 2.75) is 33.2 Å². The van der Waals surface area contributed by atoms with E-state index >= 15 is 0 Å². The molecule has 1 amide bonds. The Hall–Kier alpha value is -1.84. The molecular formula is C15H21NO3. The Morgan fingerprint density at radius 3 is 2.32 bits per heavy atom. The molecule has 0 saturated heterocycles. The second-order valence-electron chi connectivity index (χ2n) is 5.08. The molecule has 4 heteroatoms. The Bertz CT molecular complexity index is 440. The predicted octanol–water partition coefficient (Wildman–Crippen LogP) is 2.45. The predicted molar refractivity (Wildman–Crippen MR) is 73.4 cm³/mol. The van der Waals surface area contributed by atoms with Crippen LogP contribution in [0.5, 0.6) is 0 Å². The molecule has 0 aliphatic carbocycles. The number of ether oxygens (including phenoxy) is 1. The average Bonchev–Trinajstić information content (AvgIpc) is 2.44. The SMILES string of the molecule is CCC(C)(C)C(=O)NC(C(=O)OC)c1ccccc1. The van der Waals surface area contributed by atoms with Gasteiger partial charge in [0.05, 0.1) is 7.11 Å². The van der Waals surface area contributed by atoms with Crippen LogP contribution in [-0.2, 0) is 14.3 Å². The summed E-state index contributed by atoms with van der Waals surface area (Å²) in [5.74, 6) is -0.624. The van der Waals surface area contributed by atoms with Crippen molar-refractivity contribution < 1.29 is 14.3 Å². The number of rotatable bonds is 5. The molecule has 1 aromatic carbocycles. The molecule has 0 aliphatic heterocycles. The van der Waals surface area contributed by atoms with Crippen molar-refractivity contribution in [3.05, 3.63) is 35.9 Å². The summed E-state index contributed by atoms with van der Waals surface area (Å²) in [4.78, 5) is 24.0. The van der Waals surface area contributed by atoms with Crippen molar-refractivity contribution in [3.63, 3.8) is 0 Å². The average molecular weight is 263 g/mol. The molecule has 0 fully saturated rings. The van der Waals surface area contributed by atoms with Crippen LogP contribution in [0.1, 0.15) is 38.8 Å². The lowest BCUT2D eigenvalue weighted by molar-refractivity contribution is -0.146. The second-order valence-corrected chi connectivity index (χ2v) is 5.08. The molecule has 0 heterocycles. The highest BCUT2D eigenvalue weighted by Gasteiger charge is 2.31. The van der Waals surface area contributed by atoms with Crippen molar-refractivity contribution >= 4 is 11.9 Å². The van der Waals surface area contributed by atoms with E-state index < -0.39 is 17.4 Å². The van der Waals surface area contributed by atoms with E-state index in [2.05, 4.69) is 5.32 Å². The number of hydrogen-bond donors (Lipinski definition) is 1. The molecule has 0 aromatic heterocycles. The number of amides is 1. The van der Waals surface area contributed by atoms with Gasteiger partial charge in [-0.1, -0.05) is 51.1 Å². The molecule has 1 atom stereocenters. The number of nitrogens with one attached hydrogen (secondary N) is 1. The summed E-state index contributed by atoms with van der Waals surface area (Å²) in [6.45, 7) is 5.64. The van der Waals surface area contributed by atoms with Gasteiger partial charge in [0.2, 0.25) is 5.91 Å². The van der Waals surface area contributed by atoms with E-state index in [0.717, 1.165) is 5.56 Å². The molecule has 0 saturated carbocycles. The third kappa shape index (κ3) is 3.81. The van der Waals surface area contributed by atoms with E-state index in [1.165, 1.54) is 7.11 Å². The zero-order valence-corrected chi connectivity index (χ0v) is 11.9. The number of methoxy groups -OCH3 is 1. The van der Waals surface area contributed by atoms with E-state index in [-0.39, 0.29) is 5.91 Å². The first-order valence-electron chi connectivity index (χ1n) is 6.36. The van der Waals surface area contributed by atoms with Gasteiger partial charge in [0, 0.05) is 5.41 Å². The Kier molecular flexibility index (Phi) is 5.10. The fraction of sp³-hybridized carbons (Fsp3) is 0.467. The molecule has 0 radical (unpaired) electrons. The van der Waals surface area contributed by atoms with Crippen molar-refractivity contribution in [2.24, 2.45) is 5.41 Å². The van der Waals surface area contributed by atoms with Gasteiger partial charge in [-0.05, 0) is 12.0 Å². The highest BCUT2D eigenvalue weighted by Crippen LogP contribution is 2.22. The van der Waals surface area contributed by atoms with Gasteiger partial charge in [-0.25, -0.2) is 4.79 Å². The molecule has 1 aromatic rings. The van der Waals surface area contributed by atoms with E-state index in [0.29, 0.717) is 6.42 Å². The largest absolute Gasteiger partial charge is 0.467 e. The lowest BCUT2D eigenvalue weighted by Crippen LogP contribution is -2.41. The minimum Gasteiger partial charge on any atom is -0.467 e. The van der Waals surface area contributed by atoms with Crippen LogP contribution in [0.25, 0.3) is 0 Å². The Morgan fingerprint density at radius 1 is 1.26 bits per heavy atom. The number of esters is 1. The van der Waals surface area contributed by atoms with Gasteiger partial charge in [0.1, 0.15) is 0 Å². The van der Waals surface area contributed by atoms with Crippen molar-refractivity contribution in [2.75, 3.05) is 7.11 Å². The van der Waals surface area contributed by atoms with Crippen LogP contribution in [0, 0.1) is 5.41 Å². The number of carbonyl (C=O) groups is 2. The van der Waals surface area contributed by atoms with E-state index in [1.54, 1.807) is 12.1 Å². The fourth-order valence-corrected chi connectivity index (χ4v) is 1.53. The van der Waals surface area contributed by atoms with Gasteiger partial charge >= 0.3 is 5.97 Å². The molecule has 4 nitrogen and oxygen atoms in total. The van der Waals surface area contributed by atoms with Gasteiger partial charge in [-0.2, -0.15) is 0 Å². The van der Waals surface area contributed by atoms with Crippen LogP contribution in [0.2, 0.25) is 0 Å². The van der Waals surface area contributed by atoms with Crippen molar-refractivity contribution in [1.29, 1.82) is 0 Å². The maximum absolute atomic E-state index is 12.2. The molecule has 0 bridgehead atoms. The topological polar surface area (TPSA) is 55.4 Å². The molecule has 19 heavy (non-hydrogen) atoms. The third-order valence-corrected chi connectivity index (χ3v) is 3.34. The van der Waals surface area contributed by atoms with Crippen LogP contribution in [-0.4, -0.2) is 19.0 Å². The van der Waals surface area contributed by atoms with Crippen molar-refractivity contribution in [3.8, 4) is 0 Å². The molecule has 1 N–H and O–H groups in total. The van der Waals surface area contributed by atoms with E-state index in [1.807, 2.05) is 39.0 Å². The second kappa shape index (κ2) is 6.36. The molecular weight excluding hydrogens is 242 g/mol. The van der Waals surface area contributed by atoms with Crippen LogP contribution < -0.4 is 5.32 Å². The number of benzene rings is 1. The molecule has 0 spiro atoms. The van der Waals surface area contributed by atoms with Gasteiger partial charge in [0.25, 0.3) is 0 Å². The smallest absolute Gasteiger partial charge is 0.333 e. The van der Waals surface area contributed by atoms with Crippen LogP contribution >= 0.6 is 0 Å². The number of carbonyl (C=O) groups excluding carboxylic acids is 2. The molecule has 0 aliphatic rings. The minimum absolute atomic E-state index is 0.158. The van der Waals surface area contributed by atoms with Crippen LogP contribution in [0.4, 0.5) is 0 Å². The Balaban J connectivity index is 2.95. The monoisotopic (exact) mass is 263 g/mol. The van der Waals surface area contributed by atoms with Gasteiger partial charge in [-0.3, -0.25) is 4.79 Å². The Morgan fingerprint density at radius 2 is 1.84 bits per heavy atom.